The lowest BCUT2D eigenvalue weighted by molar-refractivity contribution is 0.0897. The van der Waals surface area contributed by atoms with Gasteiger partial charge in [0.2, 0.25) is 0 Å². The number of rotatable bonds is 5. The number of aliphatic hydroxyl groups is 1. The third kappa shape index (κ3) is 3.81. The lowest BCUT2D eigenvalue weighted by atomic mass is 10.2. The van der Waals surface area contributed by atoms with Crippen molar-refractivity contribution in [1.82, 2.24) is 14.2 Å². The van der Waals surface area contributed by atoms with Gasteiger partial charge in [-0.25, -0.2) is 13.4 Å². The molecule has 0 aliphatic carbocycles. The van der Waals surface area contributed by atoms with E-state index in [1.54, 1.807) is 6.92 Å². The Morgan fingerprint density at radius 2 is 1.90 bits per heavy atom. The van der Waals surface area contributed by atoms with Crippen molar-refractivity contribution in [2.24, 2.45) is 0 Å². The number of aryl methyl sites for hydroxylation is 2. The second-order valence-electron chi connectivity index (χ2n) is 5.37. The zero-order valence-electron chi connectivity index (χ0n) is 12.7. The number of hydrogen-bond acceptors (Lipinski definition) is 6. The van der Waals surface area contributed by atoms with Crippen molar-refractivity contribution in [3.05, 3.63) is 10.7 Å². The third-order valence-corrected chi connectivity index (χ3v) is 7.26. The van der Waals surface area contributed by atoms with Crippen LogP contribution in [0.3, 0.4) is 0 Å². The lowest BCUT2D eigenvalue weighted by Crippen LogP contribution is -2.50. The van der Waals surface area contributed by atoms with Gasteiger partial charge in [0, 0.05) is 32.7 Å². The van der Waals surface area contributed by atoms with E-state index in [1.165, 1.54) is 15.6 Å². The van der Waals surface area contributed by atoms with Gasteiger partial charge in [-0.05, 0) is 20.3 Å². The maximum absolute atomic E-state index is 12.6. The minimum absolute atomic E-state index is 0.334. The first-order chi connectivity index (χ1) is 9.84. The Hall–Kier alpha value is -0.540. The van der Waals surface area contributed by atoms with E-state index in [2.05, 4.69) is 9.88 Å². The summed E-state index contributed by atoms with van der Waals surface area (Å²) in [5.74, 6) is 0. The van der Waals surface area contributed by atoms with Crippen molar-refractivity contribution >= 4 is 21.4 Å². The number of thiazole rings is 1. The molecule has 120 valence electrons. The van der Waals surface area contributed by atoms with Gasteiger partial charge in [0.1, 0.15) is 0 Å². The molecule has 0 radical (unpaired) electrons. The van der Waals surface area contributed by atoms with E-state index in [0.717, 1.165) is 11.4 Å². The Kier molecular flexibility index (Phi) is 5.37. The third-order valence-electron chi connectivity index (χ3n) is 3.71. The molecule has 1 unspecified atom stereocenters. The molecular formula is C13H23N3O3S2. The standard InChI is InChI=1S/C13H23N3O3S2/c1-4-12(17)9-15-5-7-16(8-6-15)21(18,19)13-10(2)14-11(3)20-13/h12,17H,4-9H2,1-3H3. The number of hydrogen-bond donors (Lipinski definition) is 1. The molecule has 1 aromatic rings. The molecule has 1 aliphatic rings. The highest BCUT2D eigenvalue weighted by Crippen LogP contribution is 2.26. The van der Waals surface area contributed by atoms with Crippen molar-refractivity contribution in [1.29, 1.82) is 0 Å². The first kappa shape index (κ1) is 16.8. The number of sulfonamides is 1. The van der Waals surface area contributed by atoms with Crippen LogP contribution in [-0.4, -0.2) is 66.5 Å². The van der Waals surface area contributed by atoms with Gasteiger partial charge in [-0.3, -0.25) is 4.90 Å². The van der Waals surface area contributed by atoms with Crippen LogP contribution in [0.2, 0.25) is 0 Å². The summed E-state index contributed by atoms with van der Waals surface area (Å²) in [6, 6.07) is 0. The van der Waals surface area contributed by atoms with Crippen LogP contribution in [0.15, 0.2) is 4.21 Å². The van der Waals surface area contributed by atoms with E-state index in [1.807, 2.05) is 13.8 Å². The van der Waals surface area contributed by atoms with E-state index >= 15 is 0 Å². The normalized spacial score (nSPS) is 19.8. The maximum atomic E-state index is 12.6. The molecule has 1 fully saturated rings. The Labute approximate surface area is 130 Å². The molecular weight excluding hydrogens is 310 g/mol. The van der Waals surface area contributed by atoms with Crippen molar-refractivity contribution in [2.75, 3.05) is 32.7 Å². The molecule has 1 aliphatic heterocycles. The van der Waals surface area contributed by atoms with Crippen LogP contribution >= 0.6 is 11.3 Å². The highest BCUT2D eigenvalue weighted by Gasteiger charge is 2.31. The fourth-order valence-corrected chi connectivity index (χ4v) is 5.49. The van der Waals surface area contributed by atoms with Crippen LogP contribution in [0.4, 0.5) is 0 Å². The number of nitrogens with zero attached hydrogens (tertiary/aromatic N) is 3. The summed E-state index contributed by atoms with van der Waals surface area (Å²) in [7, 11) is -3.43. The molecule has 2 rings (SSSR count). The van der Waals surface area contributed by atoms with Gasteiger partial charge in [-0.1, -0.05) is 6.92 Å². The van der Waals surface area contributed by atoms with Crippen LogP contribution < -0.4 is 0 Å². The van der Waals surface area contributed by atoms with Gasteiger partial charge in [0.05, 0.1) is 16.8 Å². The van der Waals surface area contributed by atoms with E-state index in [9.17, 15) is 13.5 Å². The average molecular weight is 333 g/mol. The lowest BCUT2D eigenvalue weighted by Gasteiger charge is -2.34. The molecule has 0 saturated carbocycles. The quantitative estimate of drug-likeness (QED) is 0.864. The number of aliphatic hydroxyl groups excluding tert-OH is 1. The SMILES string of the molecule is CCC(O)CN1CCN(S(=O)(=O)c2sc(C)nc2C)CC1. The van der Waals surface area contributed by atoms with E-state index < -0.39 is 10.0 Å². The van der Waals surface area contributed by atoms with E-state index in [4.69, 9.17) is 0 Å². The van der Waals surface area contributed by atoms with Gasteiger partial charge in [-0.15, -0.1) is 11.3 Å². The zero-order valence-corrected chi connectivity index (χ0v) is 14.4. The molecule has 6 nitrogen and oxygen atoms in total. The highest BCUT2D eigenvalue weighted by molar-refractivity contribution is 7.91. The van der Waals surface area contributed by atoms with Crippen LogP contribution in [0, 0.1) is 13.8 Å². The van der Waals surface area contributed by atoms with Crippen molar-refractivity contribution in [3.63, 3.8) is 0 Å². The first-order valence-corrected chi connectivity index (χ1v) is 9.44. The smallest absolute Gasteiger partial charge is 0.254 e. The Morgan fingerprint density at radius 3 is 2.38 bits per heavy atom. The number of aromatic nitrogens is 1. The molecule has 2 heterocycles. The molecule has 1 saturated heterocycles. The second kappa shape index (κ2) is 6.70. The highest BCUT2D eigenvalue weighted by atomic mass is 32.2. The second-order valence-corrected chi connectivity index (χ2v) is 8.71. The topological polar surface area (TPSA) is 73.7 Å². The summed E-state index contributed by atoms with van der Waals surface area (Å²) < 4.78 is 27.2. The minimum atomic E-state index is -3.43. The average Bonchev–Trinajstić information content (AvgIpc) is 2.79. The number of β-amino-alcohol motifs (C(OH)–C–C–N with tert-alkyl or cyclic N) is 1. The Bertz CT molecular complexity index is 577. The van der Waals surface area contributed by atoms with Gasteiger partial charge in [-0.2, -0.15) is 4.31 Å². The van der Waals surface area contributed by atoms with Gasteiger partial charge in [0.25, 0.3) is 10.0 Å². The summed E-state index contributed by atoms with van der Waals surface area (Å²) in [6.45, 7) is 8.37. The van der Waals surface area contributed by atoms with Crippen molar-refractivity contribution in [3.8, 4) is 0 Å². The zero-order chi connectivity index (χ0) is 15.6. The Balaban J connectivity index is 2.03. The van der Waals surface area contributed by atoms with Crippen LogP contribution in [0.5, 0.6) is 0 Å². The first-order valence-electron chi connectivity index (χ1n) is 7.19. The molecule has 21 heavy (non-hydrogen) atoms. The van der Waals surface area contributed by atoms with Crippen molar-refractivity contribution in [2.45, 2.75) is 37.5 Å². The number of piperazine rings is 1. The minimum Gasteiger partial charge on any atom is -0.392 e. The summed E-state index contributed by atoms with van der Waals surface area (Å²) in [5.41, 5.74) is 0.585. The van der Waals surface area contributed by atoms with E-state index in [0.29, 0.717) is 42.6 Å². The molecule has 0 bridgehead atoms. The fourth-order valence-electron chi connectivity index (χ4n) is 2.45. The molecule has 1 N–H and O–H groups in total. The van der Waals surface area contributed by atoms with Gasteiger partial charge in [0.15, 0.2) is 4.21 Å². The summed E-state index contributed by atoms with van der Waals surface area (Å²) in [5, 5.41) is 10.4. The summed E-state index contributed by atoms with van der Waals surface area (Å²) in [6.07, 6.45) is 0.386. The molecule has 0 amide bonds. The largest absolute Gasteiger partial charge is 0.392 e. The molecule has 1 atom stereocenters. The summed E-state index contributed by atoms with van der Waals surface area (Å²) in [4.78, 5) is 6.32. The molecule has 0 spiro atoms. The molecule has 8 heteroatoms. The predicted octanol–water partition coefficient (Wildman–Crippen LogP) is 0.837. The van der Waals surface area contributed by atoms with Gasteiger partial charge < -0.3 is 5.11 Å². The maximum Gasteiger partial charge on any atom is 0.254 e. The van der Waals surface area contributed by atoms with Crippen molar-refractivity contribution < 1.29 is 13.5 Å². The fraction of sp³-hybridized carbons (Fsp3) is 0.769. The Morgan fingerprint density at radius 1 is 1.29 bits per heavy atom. The molecule has 1 aromatic heterocycles. The predicted molar refractivity (Wildman–Crippen MR) is 83.1 cm³/mol. The van der Waals surface area contributed by atoms with E-state index in [-0.39, 0.29) is 6.10 Å². The molecule has 0 aromatic carbocycles. The van der Waals surface area contributed by atoms with Gasteiger partial charge >= 0.3 is 0 Å². The van der Waals surface area contributed by atoms with Crippen LogP contribution in [0.25, 0.3) is 0 Å². The monoisotopic (exact) mass is 333 g/mol. The van der Waals surface area contributed by atoms with Crippen LogP contribution in [0.1, 0.15) is 24.0 Å². The summed E-state index contributed by atoms with van der Waals surface area (Å²) >= 11 is 1.24. The van der Waals surface area contributed by atoms with Crippen LogP contribution in [-0.2, 0) is 10.0 Å².